The molecule has 6 nitrogen and oxygen atoms in total. The fourth-order valence-corrected chi connectivity index (χ4v) is 5.23. The Balaban J connectivity index is 1.59. The molecule has 3 N–H and O–H groups in total. The van der Waals surface area contributed by atoms with Gasteiger partial charge in [-0.2, -0.15) is 4.72 Å². The molecule has 4 aromatic rings. The lowest BCUT2D eigenvalue weighted by Crippen LogP contribution is -2.47. The van der Waals surface area contributed by atoms with Gasteiger partial charge < -0.3 is 10.3 Å². The van der Waals surface area contributed by atoms with E-state index in [9.17, 15) is 13.2 Å². The minimum atomic E-state index is -3.87. The molecule has 1 atom stereocenters. The van der Waals surface area contributed by atoms with Crippen LogP contribution in [0.25, 0.3) is 10.9 Å². The van der Waals surface area contributed by atoms with Crippen LogP contribution in [0.4, 0.5) is 0 Å². The zero-order valence-corrected chi connectivity index (χ0v) is 18.6. The second kappa shape index (κ2) is 9.05. The van der Waals surface area contributed by atoms with Gasteiger partial charge in [-0.25, -0.2) is 8.42 Å². The van der Waals surface area contributed by atoms with Gasteiger partial charge in [-0.15, -0.1) is 11.3 Å². The van der Waals surface area contributed by atoms with Crippen molar-refractivity contribution in [3.05, 3.63) is 88.2 Å². The van der Waals surface area contributed by atoms with Crippen molar-refractivity contribution in [2.75, 3.05) is 0 Å². The zero-order valence-electron chi connectivity index (χ0n) is 17.0. The van der Waals surface area contributed by atoms with Crippen molar-refractivity contribution in [2.45, 2.75) is 30.8 Å². The van der Waals surface area contributed by atoms with Crippen molar-refractivity contribution in [3.63, 3.8) is 0 Å². The maximum absolute atomic E-state index is 13.0. The molecule has 0 fully saturated rings. The number of H-pyrrole nitrogens is 1. The molecule has 8 heteroatoms. The van der Waals surface area contributed by atoms with Gasteiger partial charge in [0.05, 0.1) is 11.4 Å². The lowest BCUT2D eigenvalue weighted by atomic mass is 10.1. The molecule has 2 aromatic heterocycles. The van der Waals surface area contributed by atoms with E-state index in [4.69, 9.17) is 0 Å². The fraction of sp³-hybridized carbons (Fsp3) is 0.174. The molecule has 0 bridgehead atoms. The van der Waals surface area contributed by atoms with Gasteiger partial charge in [0.1, 0.15) is 6.04 Å². The number of fused-ring (bicyclic) bond motifs is 1. The van der Waals surface area contributed by atoms with Crippen molar-refractivity contribution in [1.29, 1.82) is 0 Å². The highest BCUT2D eigenvalue weighted by atomic mass is 32.2. The SMILES string of the molecule is Cc1ccc(S(=O)(=O)NC(Cc2c[nH]c3ccccc23)C(=O)NCc2cccs2)cc1. The van der Waals surface area contributed by atoms with Crippen molar-refractivity contribution in [1.82, 2.24) is 15.0 Å². The molecule has 0 aliphatic carbocycles. The number of benzene rings is 2. The molecule has 0 radical (unpaired) electrons. The summed E-state index contributed by atoms with van der Waals surface area (Å²) in [5.41, 5.74) is 2.78. The van der Waals surface area contributed by atoms with E-state index in [0.717, 1.165) is 26.9 Å². The number of aryl methyl sites for hydroxylation is 1. The summed E-state index contributed by atoms with van der Waals surface area (Å²) in [4.78, 5) is 17.3. The normalized spacial score (nSPS) is 12.7. The third kappa shape index (κ3) is 5.04. The monoisotopic (exact) mass is 453 g/mol. The molecular weight excluding hydrogens is 430 g/mol. The quantitative estimate of drug-likeness (QED) is 0.380. The van der Waals surface area contributed by atoms with Crippen LogP contribution in [0.5, 0.6) is 0 Å². The Morgan fingerprint density at radius 1 is 1.06 bits per heavy atom. The second-order valence-electron chi connectivity index (χ2n) is 7.35. The van der Waals surface area contributed by atoms with Crippen LogP contribution in [0.2, 0.25) is 0 Å². The third-order valence-electron chi connectivity index (χ3n) is 5.06. The Kier molecular flexibility index (Phi) is 6.22. The molecule has 2 aromatic carbocycles. The number of carbonyl (C=O) groups is 1. The molecule has 1 unspecified atom stereocenters. The van der Waals surface area contributed by atoms with Gasteiger partial charge in [-0.05, 0) is 48.6 Å². The summed E-state index contributed by atoms with van der Waals surface area (Å²) in [6, 6.07) is 17.2. The van der Waals surface area contributed by atoms with E-state index in [0.29, 0.717) is 6.54 Å². The summed E-state index contributed by atoms with van der Waals surface area (Å²) < 4.78 is 28.6. The number of para-hydroxylation sites is 1. The summed E-state index contributed by atoms with van der Waals surface area (Å²) >= 11 is 1.54. The van der Waals surface area contributed by atoms with E-state index in [1.165, 1.54) is 11.3 Å². The van der Waals surface area contributed by atoms with Crippen LogP contribution in [-0.2, 0) is 27.8 Å². The molecule has 0 saturated carbocycles. The van der Waals surface area contributed by atoms with Crippen LogP contribution >= 0.6 is 11.3 Å². The largest absolute Gasteiger partial charge is 0.361 e. The molecule has 0 saturated heterocycles. The minimum absolute atomic E-state index is 0.132. The fourth-order valence-electron chi connectivity index (χ4n) is 3.39. The maximum Gasteiger partial charge on any atom is 0.241 e. The Morgan fingerprint density at radius 2 is 1.84 bits per heavy atom. The van der Waals surface area contributed by atoms with Crippen molar-refractivity contribution >= 4 is 38.2 Å². The van der Waals surface area contributed by atoms with Crippen LogP contribution in [0.1, 0.15) is 16.0 Å². The molecule has 4 rings (SSSR count). The van der Waals surface area contributed by atoms with Crippen LogP contribution in [0, 0.1) is 6.92 Å². The average molecular weight is 454 g/mol. The molecule has 0 aliphatic heterocycles. The highest BCUT2D eigenvalue weighted by molar-refractivity contribution is 7.89. The summed E-state index contributed by atoms with van der Waals surface area (Å²) in [5, 5.41) is 5.76. The first-order valence-electron chi connectivity index (χ1n) is 9.86. The van der Waals surface area contributed by atoms with E-state index in [2.05, 4.69) is 15.0 Å². The smallest absolute Gasteiger partial charge is 0.241 e. The number of hydrogen-bond acceptors (Lipinski definition) is 4. The molecule has 2 heterocycles. The Labute approximate surface area is 185 Å². The number of sulfonamides is 1. The van der Waals surface area contributed by atoms with Gasteiger partial charge in [0.25, 0.3) is 0 Å². The van der Waals surface area contributed by atoms with E-state index in [1.807, 2.05) is 54.9 Å². The molecule has 31 heavy (non-hydrogen) atoms. The number of rotatable bonds is 8. The van der Waals surface area contributed by atoms with Crippen molar-refractivity contribution < 1.29 is 13.2 Å². The van der Waals surface area contributed by atoms with Gasteiger partial charge in [0.2, 0.25) is 15.9 Å². The lowest BCUT2D eigenvalue weighted by Gasteiger charge is -2.18. The van der Waals surface area contributed by atoms with Crippen LogP contribution < -0.4 is 10.0 Å². The maximum atomic E-state index is 13.0. The predicted molar refractivity (Wildman–Crippen MR) is 123 cm³/mol. The summed E-state index contributed by atoms with van der Waals surface area (Å²) in [7, 11) is -3.87. The Hall–Kier alpha value is -2.94. The average Bonchev–Trinajstić information content (AvgIpc) is 3.42. The standard InChI is InChI=1S/C23H23N3O3S2/c1-16-8-10-19(11-9-16)31(28,29)26-22(23(27)25-15-18-5-4-12-30-18)13-17-14-24-21-7-3-2-6-20(17)21/h2-12,14,22,24,26H,13,15H2,1H3,(H,25,27). The van der Waals surface area contributed by atoms with Gasteiger partial charge >= 0.3 is 0 Å². The summed E-state index contributed by atoms with van der Waals surface area (Å²) in [6.45, 7) is 2.24. The van der Waals surface area contributed by atoms with Crippen LogP contribution in [-0.4, -0.2) is 25.4 Å². The third-order valence-corrected chi connectivity index (χ3v) is 7.43. The van der Waals surface area contributed by atoms with E-state index < -0.39 is 16.1 Å². The van der Waals surface area contributed by atoms with Gasteiger partial charge in [-0.3, -0.25) is 4.79 Å². The van der Waals surface area contributed by atoms with Gasteiger partial charge in [0, 0.05) is 22.0 Å². The van der Waals surface area contributed by atoms with Crippen LogP contribution in [0.15, 0.2) is 77.1 Å². The minimum Gasteiger partial charge on any atom is -0.361 e. The number of aromatic amines is 1. The lowest BCUT2D eigenvalue weighted by molar-refractivity contribution is -0.122. The highest BCUT2D eigenvalue weighted by Gasteiger charge is 2.27. The number of hydrogen-bond donors (Lipinski definition) is 3. The number of thiophene rings is 1. The van der Waals surface area contributed by atoms with E-state index >= 15 is 0 Å². The topological polar surface area (TPSA) is 91.1 Å². The van der Waals surface area contributed by atoms with Crippen molar-refractivity contribution in [3.8, 4) is 0 Å². The van der Waals surface area contributed by atoms with Gasteiger partial charge in [-0.1, -0.05) is 42.0 Å². The molecular formula is C23H23N3O3S2. The molecule has 1 amide bonds. The molecule has 0 aliphatic rings. The first-order chi connectivity index (χ1) is 14.9. The first-order valence-corrected chi connectivity index (χ1v) is 12.2. The summed E-state index contributed by atoms with van der Waals surface area (Å²) in [5.74, 6) is -0.366. The zero-order chi connectivity index (χ0) is 21.8. The molecule has 0 spiro atoms. The number of amides is 1. The number of aromatic nitrogens is 1. The molecule has 160 valence electrons. The van der Waals surface area contributed by atoms with Crippen LogP contribution in [0.3, 0.4) is 0 Å². The summed E-state index contributed by atoms with van der Waals surface area (Å²) in [6.07, 6.45) is 2.05. The van der Waals surface area contributed by atoms with Gasteiger partial charge in [0.15, 0.2) is 0 Å². The highest BCUT2D eigenvalue weighted by Crippen LogP contribution is 2.20. The van der Waals surface area contributed by atoms with E-state index in [-0.39, 0.29) is 17.2 Å². The Bertz CT molecular complexity index is 1280. The second-order valence-corrected chi connectivity index (χ2v) is 10.1. The predicted octanol–water partition coefficient (Wildman–Crippen LogP) is 3.74. The number of nitrogens with one attached hydrogen (secondary N) is 3. The van der Waals surface area contributed by atoms with Crippen molar-refractivity contribution in [2.24, 2.45) is 0 Å². The number of carbonyl (C=O) groups excluding carboxylic acids is 1. The Morgan fingerprint density at radius 3 is 2.58 bits per heavy atom. The first kappa shape index (κ1) is 21.3. The van der Waals surface area contributed by atoms with E-state index in [1.54, 1.807) is 24.3 Å².